The van der Waals surface area contributed by atoms with Gasteiger partial charge in [0.05, 0.1) is 17.9 Å². The van der Waals surface area contributed by atoms with E-state index in [1.807, 2.05) is 24.3 Å². The molecule has 0 aromatic heterocycles. The third-order valence-electron chi connectivity index (χ3n) is 6.01. The molecule has 2 amide bonds. The van der Waals surface area contributed by atoms with Crippen molar-refractivity contribution in [3.05, 3.63) is 59.1 Å². The van der Waals surface area contributed by atoms with Gasteiger partial charge in [-0.2, -0.15) is 0 Å². The Kier molecular flexibility index (Phi) is 6.56. The molecule has 0 N–H and O–H groups in total. The smallest absolute Gasteiger partial charge is 0.277 e. The number of piperidine rings is 1. The maximum absolute atomic E-state index is 13.2. The van der Waals surface area contributed by atoms with Crippen LogP contribution in [0.4, 0.5) is 11.4 Å². The minimum Gasteiger partial charge on any atom is -0.493 e. The Morgan fingerprint density at radius 2 is 1.53 bits per heavy atom. The molecule has 6 heteroatoms. The van der Waals surface area contributed by atoms with Crippen LogP contribution in [0.5, 0.6) is 5.75 Å². The highest BCUT2D eigenvalue weighted by Gasteiger charge is 2.39. The predicted molar refractivity (Wildman–Crippen MR) is 129 cm³/mol. The van der Waals surface area contributed by atoms with Gasteiger partial charge in [0.1, 0.15) is 10.8 Å². The van der Waals surface area contributed by atoms with Crippen LogP contribution < -0.4 is 14.5 Å². The summed E-state index contributed by atoms with van der Waals surface area (Å²) in [5, 5.41) is -0.0556. The summed E-state index contributed by atoms with van der Waals surface area (Å²) in [6, 6.07) is 14.7. The van der Waals surface area contributed by atoms with Gasteiger partial charge < -0.3 is 9.64 Å². The Labute approximate surface area is 194 Å². The summed E-state index contributed by atoms with van der Waals surface area (Å²) in [6.07, 6.45) is 2.35. The summed E-state index contributed by atoms with van der Waals surface area (Å²) in [5.74, 6) is 0.990. The van der Waals surface area contributed by atoms with Crippen molar-refractivity contribution < 1.29 is 14.3 Å². The van der Waals surface area contributed by atoms with Gasteiger partial charge in [0.15, 0.2) is 0 Å². The summed E-state index contributed by atoms with van der Waals surface area (Å²) in [5.41, 5.74) is 2.46. The second kappa shape index (κ2) is 9.37. The van der Waals surface area contributed by atoms with E-state index in [0.29, 0.717) is 23.8 Å². The van der Waals surface area contributed by atoms with Crippen molar-refractivity contribution in [2.45, 2.75) is 33.6 Å². The molecule has 2 heterocycles. The molecule has 0 saturated carbocycles. The summed E-state index contributed by atoms with van der Waals surface area (Å²) in [7, 11) is 0. The molecule has 0 unspecified atom stereocenters. The Morgan fingerprint density at radius 1 is 0.938 bits per heavy atom. The third-order valence-corrected chi connectivity index (χ3v) is 6.36. The lowest BCUT2D eigenvalue weighted by Crippen LogP contribution is -2.33. The first kappa shape index (κ1) is 22.4. The van der Waals surface area contributed by atoms with Crippen molar-refractivity contribution in [3.63, 3.8) is 0 Å². The number of nitrogens with zero attached hydrogens (tertiary/aromatic N) is 2. The summed E-state index contributed by atoms with van der Waals surface area (Å²) in [4.78, 5) is 29.5. The minimum absolute atomic E-state index is 0.0556. The maximum atomic E-state index is 13.2. The molecule has 0 bridgehead atoms. The molecule has 1 saturated heterocycles. The molecule has 0 spiro atoms. The van der Waals surface area contributed by atoms with Gasteiger partial charge in [-0.15, -0.1) is 0 Å². The lowest BCUT2D eigenvalue weighted by atomic mass is 9.99. The number of hydrogen-bond acceptors (Lipinski definition) is 4. The Balaban J connectivity index is 1.50. The molecule has 0 radical (unpaired) electrons. The van der Waals surface area contributed by atoms with Crippen molar-refractivity contribution in [2.75, 3.05) is 29.5 Å². The number of anilines is 2. The SMILES string of the molecule is CC(C)COc1ccc(C2=C(Cl)C(=O)N(c3ccc(N4CCC(C)CC4)cc3)C2=O)cc1. The molecule has 2 aromatic carbocycles. The number of imide groups is 1. The largest absolute Gasteiger partial charge is 0.493 e. The van der Waals surface area contributed by atoms with Gasteiger partial charge in [-0.25, -0.2) is 4.90 Å². The number of carbonyl (C=O) groups is 2. The van der Waals surface area contributed by atoms with E-state index >= 15 is 0 Å². The van der Waals surface area contributed by atoms with Gasteiger partial charge in [0.25, 0.3) is 11.8 Å². The van der Waals surface area contributed by atoms with Crippen molar-refractivity contribution in [2.24, 2.45) is 11.8 Å². The summed E-state index contributed by atoms with van der Waals surface area (Å²) >= 11 is 6.34. The van der Waals surface area contributed by atoms with Crippen LogP contribution in [0, 0.1) is 11.8 Å². The number of hydrogen-bond donors (Lipinski definition) is 0. The zero-order chi connectivity index (χ0) is 22.8. The Hall–Kier alpha value is -2.79. The fraction of sp³-hybridized carbons (Fsp3) is 0.385. The first-order valence-corrected chi connectivity index (χ1v) is 11.6. The molecule has 2 aromatic rings. The number of amides is 2. The second-order valence-corrected chi connectivity index (χ2v) is 9.43. The topological polar surface area (TPSA) is 49.9 Å². The van der Waals surface area contributed by atoms with Crippen LogP contribution in [0.1, 0.15) is 39.2 Å². The van der Waals surface area contributed by atoms with E-state index in [0.717, 1.165) is 35.3 Å². The zero-order valence-corrected chi connectivity index (χ0v) is 19.6. The molecule has 1 fully saturated rings. The van der Waals surface area contributed by atoms with Crippen LogP contribution in [0.25, 0.3) is 5.57 Å². The lowest BCUT2D eigenvalue weighted by Gasteiger charge is -2.32. The molecule has 168 valence electrons. The van der Waals surface area contributed by atoms with Crippen molar-refractivity contribution >= 4 is 40.4 Å². The van der Waals surface area contributed by atoms with Crippen molar-refractivity contribution in [3.8, 4) is 5.75 Å². The van der Waals surface area contributed by atoms with Gasteiger partial charge in [-0.1, -0.05) is 44.5 Å². The van der Waals surface area contributed by atoms with E-state index in [2.05, 4.69) is 25.7 Å². The number of rotatable bonds is 6. The summed E-state index contributed by atoms with van der Waals surface area (Å²) in [6.45, 7) is 9.10. The second-order valence-electron chi connectivity index (χ2n) is 9.05. The standard InChI is InChI=1S/C26H29ClN2O3/c1-17(2)16-32-22-10-4-19(5-11-22)23-24(27)26(31)29(25(23)30)21-8-6-20(7-9-21)28-14-12-18(3)13-15-28/h4-11,17-18H,12-16H2,1-3H3. The quantitative estimate of drug-likeness (QED) is 0.544. The van der Waals surface area contributed by atoms with Gasteiger partial charge in [-0.05, 0) is 66.6 Å². The fourth-order valence-corrected chi connectivity index (χ4v) is 4.32. The van der Waals surface area contributed by atoms with Gasteiger partial charge >= 0.3 is 0 Å². The van der Waals surface area contributed by atoms with E-state index in [9.17, 15) is 9.59 Å². The van der Waals surface area contributed by atoms with E-state index in [4.69, 9.17) is 16.3 Å². The molecular formula is C26H29ClN2O3. The van der Waals surface area contributed by atoms with Crippen LogP contribution in [0.15, 0.2) is 53.6 Å². The molecule has 32 heavy (non-hydrogen) atoms. The molecular weight excluding hydrogens is 424 g/mol. The highest BCUT2D eigenvalue weighted by molar-refractivity contribution is 6.60. The van der Waals surface area contributed by atoms with E-state index in [1.54, 1.807) is 24.3 Å². The fourth-order valence-electron chi connectivity index (χ4n) is 4.05. The first-order valence-electron chi connectivity index (χ1n) is 11.2. The number of benzene rings is 2. The first-order chi connectivity index (χ1) is 15.3. The van der Waals surface area contributed by atoms with Crippen molar-refractivity contribution in [1.82, 2.24) is 0 Å². The van der Waals surface area contributed by atoms with Gasteiger partial charge in [-0.3, -0.25) is 9.59 Å². The molecule has 2 aliphatic heterocycles. The zero-order valence-electron chi connectivity index (χ0n) is 18.8. The molecule has 4 rings (SSSR count). The highest BCUT2D eigenvalue weighted by atomic mass is 35.5. The maximum Gasteiger partial charge on any atom is 0.277 e. The van der Waals surface area contributed by atoms with Crippen molar-refractivity contribution in [1.29, 1.82) is 0 Å². The Morgan fingerprint density at radius 3 is 2.12 bits per heavy atom. The number of halogens is 1. The highest BCUT2D eigenvalue weighted by Crippen LogP contribution is 2.36. The Bertz CT molecular complexity index is 1020. The van der Waals surface area contributed by atoms with E-state index in [1.165, 1.54) is 12.8 Å². The number of carbonyl (C=O) groups excluding carboxylic acids is 2. The van der Waals surface area contributed by atoms with Crippen LogP contribution in [0.2, 0.25) is 0 Å². The normalized spacial score (nSPS) is 17.7. The predicted octanol–water partition coefficient (Wildman–Crippen LogP) is 5.48. The van der Waals surface area contributed by atoms with E-state index in [-0.39, 0.29) is 10.6 Å². The molecule has 0 atom stereocenters. The third kappa shape index (κ3) is 4.53. The van der Waals surface area contributed by atoms with E-state index < -0.39 is 11.8 Å². The monoisotopic (exact) mass is 452 g/mol. The van der Waals surface area contributed by atoms with Crippen LogP contribution >= 0.6 is 11.6 Å². The molecule has 2 aliphatic rings. The number of ether oxygens (including phenoxy) is 1. The average molecular weight is 453 g/mol. The van der Waals surface area contributed by atoms with Crippen LogP contribution in [-0.2, 0) is 9.59 Å². The minimum atomic E-state index is -0.494. The van der Waals surface area contributed by atoms with Crippen LogP contribution in [-0.4, -0.2) is 31.5 Å². The van der Waals surface area contributed by atoms with Gasteiger partial charge in [0, 0.05) is 18.8 Å². The van der Waals surface area contributed by atoms with Gasteiger partial charge in [0.2, 0.25) is 0 Å². The molecule has 0 aliphatic carbocycles. The lowest BCUT2D eigenvalue weighted by molar-refractivity contribution is -0.119. The average Bonchev–Trinajstić information content (AvgIpc) is 3.01. The summed E-state index contributed by atoms with van der Waals surface area (Å²) < 4.78 is 5.70. The van der Waals surface area contributed by atoms with Crippen LogP contribution in [0.3, 0.4) is 0 Å². The molecule has 5 nitrogen and oxygen atoms in total.